The molecule has 1 heterocycles. The summed E-state index contributed by atoms with van der Waals surface area (Å²) in [5.41, 5.74) is 1.64. The summed E-state index contributed by atoms with van der Waals surface area (Å²) in [6.07, 6.45) is 1.59. The molecule has 2 atom stereocenters. The van der Waals surface area contributed by atoms with Crippen molar-refractivity contribution in [2.24, 2.45) is 0 Å². The number of amides is 1. The summed E-state index contributed by atoms with van der Waals surface area (Å²) < 4.78 is 18.1. The van der Waals surface area contributed by atoms with Crippen LogP contribution in [0.3, 0.4) is 0 Å². The topological polar surface area (TPSA) is 101 Å². The van der Waals surface area contributed by atoms with Gasteiger partial charge in [0, 0.05) is 28.7 Å². The van der Waals surface area contributed by atoms with E-state index >= 15 is 0 Å². The van der Waals surface area contributed by atoms with Gasteiger partial charge in [0.1, 0.15) is 5.75 Å². The molecule has 0 aromatic heterocycles. The molecule has 0 fully saturated rings. The smallest absolute Gasteiger partial charge is 0.335 e. The van der Waals surface area contributed by atoms with Gasteiger partial charge in [-0.05, 0) is 42.8 Å². The lowest BCUT2D eigenvalue weighted by Gasteiger charge is -2.29. The molecule has 1 aliphatic rings. The second-order valence-corrected chi connectivity index (χ2v) is 8.56. The van der Waals surface area contributed by atoms with Crippen molar-refractivity contribution in [3.63, 3.8) is 0 Å². The summed E-state index contributed by atoms with van der Waals surface area (Å²) in [4.78, 5) is 37.5. The minimum atomic E-state index is -1.51. The molecule has 7 nitrogen and oxygen atoms in total. The van der Waals surface area contributed by atoms with E-state index < -0.39 is 22.0 Å². The van der Waals surface area contributed by atoms with Crippen LogP contribution in [0.2, 0.25) is 0 Å². The predicted molar refractivity (Wildman–Crippen MR) is 114 cm³/mol. The van der Waals surface area contributed by atoms with Crippen molar-refractivity contribution in [2.45, 2.75) is 17.9 Å². The first-order chi connectivity index (χ1) is 14.3. The summed E-state index contributed by atoms with van der Waals surface area (Å²) >= 11 is 0. The Balaban J connectivity index is 1.77. The molecule has 0 aliphatic carbocycles. The SMILES string of the molecule is C=CCN1C(=O)COc2ccc(C(=O)C(C)S(=O)Cc3ccc(C(=O)O)cc3)cc21. The second kappa shape index (κ2) is 9.04. The van der Waals surface area contributed by atoms with E-state index in [-0.39, 0.29) is 29.6 Å². The number of carboxylic acids is 1. The van der Waals surface area contributed by atoms with E-state index in [1.54, 1.807) is 43.3 Å². The minimum Gasteiger partial charge on any atom is -0.482 e. The molecule has 0 saturated carbocycles. The lowest BCUT2D eigenvalue weighted by molar-refractivity contribution is -0.121. The van der Waals surface area contributed by atoms with Crippen molar-refractivity contribution < 1.29 is 28.4 Å². The van der Waals surface area contributed by atoms with Gasteiger partial charge in [0.2, 0.25) is 0 Å². The lowest BCUT2D eigenvalue weighted by atomic mass is 10.1. The number of hydrogen-bond acceptors (Lipinski definition) is 5. The van der Waals surface area contributed by atoms with Gasteiger partial charge in [0.05, 0.1) is 16.5 Å². The van der Waals surface area contributed by atoms with Crippen molar-refractivity contribution in [3.8, 4) is 5.75 Å². The Kier molecular flexibility index (Phi) is 6.47. The summed E-state index contributed by atoms with van der Waals surface area (Å²) in [5.74, 6) is -0.947. The van der Waals surface area contributed by atoms with Crippen molar-refractivity contribution in [3.05, 3.63) is 71.8 Å². The number of ether oxygens (including phenoxy) is 1. The zero-order valence-electron chi connectivity index (χ0n) is 16.4. The Bertz CT molecular complexity index is 1030. The summed E-state index contributed by atoms with van der Waals surface area (Å²) in [7, 11) is -1.51. The number of hydrogen-bond donors (Lipinski definition) is 1. The molecule has 0 saturated heterocycles. The van der Waals surface area contributed by atoms with E-state index in [9.17, 15) is 18.6 Å². The Morgan fingerprint density at radius 3 is 2.53 bits per heavy atom. The van der Waals surface area contributed by atoms with Gasteiger partial charge < -0.3 is 14.7 Å². The van der Waals surface area contributed by atoms with E-state index in [2.05, 4.69) is 6.58 Å². The number of Topliss-reactive ketones (excluding diaryl/α,β-unsaturated/α-hetero) is 1. The fraction of sp³-hybridized carbons (Fsp3) is 0.227. The highest BCUT2D eigenvalue weighted by Gasteiger charge is 2.28. The molecule has 1 N–H and O–H groups in total. The average Bonchev–Trinajstić information content (AvgIpc) is 2.74. The number of fused-ring (bicyclic) bond motifs is 1. The van der Waals surface area contributed by atoms with Crippen LogP contribution >= 0.6 is 0 Å². The molecule has 0 spiro atoms. The summed E-state index contributed by atoms with van der Waals surface area (Å²) in [5, 5.41) is 8.17. The van der Waals surface area contributed by atoms with E-state index in [4.69, 9.17) is 9.84 Å². The van der Waals surface area contributed by atoms with Crippen molar-refractivity contribution in [1.29, 1.82) is 0 Å². The van der Waals surface area contributed by atoms with E-state index in [0.717, 1.165) is 0 Å². The highest BCUT2D eigenvalue weighted by Crippen LogP contribution is 2.33. The maximum atomic E-state index is 12.9. The number of aromatic carboxylic acids is 1. The normalized spacial score (nSPS) is 15.0. The third kappa shape index (κ3) is 4.49. The molecule has 0 radical (unpaired) electrons. The highest BCUT2D eigenvalue weighted by atomic mass is 32.2. The van der Waals surface area contributed by atoms with Crippen LogP contribution in [-0.2, 0) is 21.3 Å². The monoisotopic (exact) mass is 427 g/mol. The fourth-order valence-corrected chi connectivity index (χ4v) is 4.22. The van der Waals surface area contributed by atoms with Crippen LogP contribution in [-0.4, -0.2) is 45.4 Å². The first-order valence-electron chi connectivity index (χ1n) is 9.23. The van der Waals surface area contributed by atoms with Crippen LogP contribution in [0.1, 0.15) is 33.2 Å². The Labute approximate surface area is 176 Å². The average molecular weight is 427 g/mol. The number of carbonyl (C=O) groups excluding carboxylic acids is 2. The van der Waals surface area contributed by atoms with E-state index in [1.165, 1.54) is 17.0 Å². The van der Waals surface area contributed by atoms with Crippen LogP contribution in [0.4, 0.5) is 5.69 Å². The van der Waals surface area contributed by atoms with Crippen LogP contribution in [0, 0.1) is 0 Å². The van der Waals surface area contributed by atoms with E-state index in [0.29, 0.717) is 29.1 Å². The second-order valence-electron chi connectivity index (χ2n) is 6.80. The quantitative estimate of drug-likeness (QED) is 0.514. The molecule has 3 rings (SSSR count). The van der Waals surface area contributed by atoms with Crippen LogP contribution in [0.5, 0.6) is 5.75 Å². The summed E-state index contributed by atoms with van der Waals surface area (Å²) in [6, 6.07) is 10.9. The van der Waals surface area contributed by atoms with Gasteiger partial charge in [0.15, 0.2) is 12.4 Å². The third-order valence-electron chi connectivity index (χ3n) is 4.77. The van der Waals surface area contributed by atoms with Crippen LogP contribution < -0.4 is 9.64 Å². The van der Waals surface area contributed by atoms with Crippen LogP contribution in [0.15, 0.2) is 55.1 Å². The lowest BCUT2D eigenvalue weighted by Crippen LogP contribution is -2.39. The molecule has 0 bridgehead atoms. The number of rotatable bonds is 8. The van der Waals surface area contributed by atoms with E-state index in [1.807, 2.05) is 0 Å². The zero-order chi connectivity index (χ0) is 21.8. The molecule has 8 heteroatoms. The molecule has 1 amide bonds. The number of carbonyl (C=O) groups is 3. The molecule has 156 valence electrons. The van der Waals surface area contributed by atoms with Gasteiger partial charge in [0.25, 0.3) is 5.91 Å². The molecule has 2 unspecified atom stereocenters. The van der Waals surface area contributed by atoms with Crippen LogP contribution in [0.25, 0.3) is 0 Å². The molecular weight excluding hydrogens is 406 g/mol. The van der Waals surface area contributed by atoms with Gasteiger partial charge in [-0.15, -0.1) is 6.58 Å². The molecule has 2 aromatic carbocycles. The largest absolute Gasteiger partial charge is 0.482 e. The fourth-order valence-electron chi connectivity index (χ4n) is 3.07. The van der Waals surface area contributed by atoms with Gasteiger partial charge >= 0.3 is 5.97 Å². The van der Waals surface area contributed by atoms with Crippen molar-refractivity contribution >= 4 is 34.1 Å². The molecule has 30 heavy (non-hydrogen) atoms. The Morgan fingerprint density at radius 1 is 1.23 bits per heavy atom. The minimum absolute atomic E-state index is 0.0742. The number of benzene rings is 2. The summed E-state index contributed by atoms with van der Waals surface area (Å²) in [6.45, 7) is 5.46. The van der Waals surface area contributed by atoms with Crippen molar-refractivity contribution in [1.82, 2.24) is 0 Å². The Hall–Kier alpha value is -3.26. The zero-order valence-corrected chi connectivity index (χ0v) is 17.2. The molecular formula is C22H21NO6S. The third-order valence-corrected chi connectivity index (χ3v) is 6.39. The Morgan fingerprint density at radius 2 is 1.90 bits per heavy atom. The van der Waals surface area contributed by atoms with Crippen molar-refractivity contribution in [2.75, 3.05) is 18.1 Å². The number of carboxylic acid groups (broad SMARTS) is 1. The van der Waals surface area contributed by atoms with Gasteiger partial charge in [-0.3, -0.25) is 13.8 Å². The molecule has 1 aliphatic heterocycles. The predicted octanol–water partition coefficient (Wildman–Crippen LogP) is 2.82. The maximum Gasteiger partial charge on any atom is 0.335 e. The maximum absolute atomic E-state index is 12.9. The molecule has 2 aromatic rings. The number of ketones is 1. The standard InChI is InChI=1S/C22H21NO6S/c1-3-10-23-18-11-17(8-9-19(18)29-12-20(23)24)21(25)14(2)30(28)13-15-4-6-16(7-5-15)22(26)27/h3-9,11,14H,1,10,12-13H2,2H3,(H,26,27). The van der Waals surface area contributed by atoms with Gasteiger partial charge in [-0.2, -0.15) is 0 Å². The van der Waals surface area contributed by atoms with Gasteiger partial charge in [-0.25, -0.2) is 4.79 Å². The number of nitrogens with zero attached hydrogens (tertiary/aromatic N) is 1. The highest BCUT2D eigenvalue weighted by molar-refractivity contribution is 7.85. The first-order valence-corrected chi connectivity index (χ1v) is 10.6. The van der Waals surface area contributed by atoms with Gasteiger partial charge in [-0.1, -0.05) is 18.2 Å². The first kappa shape index (κ1) is 21.4. The number of anilines is 1.